The van der Waals surface area contributed by atoms with Crippen molar-refractivity contribution in [3.05, 3.63) is 0 Å². The fourth-order valence-corrected chi connectivity index (χ4v) is 0.547. The zero-order chi connectivity index (χ0) is 10.5. The summed E-state index contributed by atoms with van der Waals surface area (Å²) in [4.78, 5) is 21.5. The first-order chi connectivity index (χ1) is 5.96. The Morgan fingerprint density at radius 3 is 1.62 bits per heavy atom. The molecule has 6 nitrogen and oxygen atoms in total. The van der Waals surface area contributed by atoms with Crippen molar-refractivity contribution in [3.8, 4) is 0 Å². The molecule has 0 aromatic rings. The molecular formula is C7H12O6. The first kappa shape index (κ1) is 11.9. The highest BCUT2D eigenvalue weighted by Crippen LogP contribution is 2.05. The molecule has 0 radical (unpaired) electrons. The van der Waals surface area contributed by atoms with Crippen molar-refractivity contribution < 1.29 is 29.3 Å². The lowest BCUT2D eigenvalue weighted by atomic mass is 10.3. The number of carbonyl (C=O) groups is 2. The molecule has 2 N–H and O–H groups in total. The fourth-order valence-electron chi connectivity index (χ4n) is 0.547. The topological polar surface area (TPSA) is 93.1 Å². The molecular weight excluding hydrogens is 180 g/mol. The predicted molar refractivity (Wildman–Crippen MR) is 40.4 cm³/mol. The molecule has 0 aromatic heterocycles. The molecule has 0 aliphatic heterocycles. The van der Waals surface area contributed by atoms with E-state index in [2.05, 4.69) is 9.47 Å². The Hall–Kier alpha value is -1.14. The normalized spacial score (nSPS) is 10.8. The van der Waals surface area contributed by atoms with Crippen LogP contribution in [0.5, 0.6) is 0 Å². The van der Waals surface area contributed by atoms with E-state index in [1.807, 2.05) is 0 Å². The minimum Gasteiger partial charge on any atom is -0.462 e. The summed E-state index contributed by atoms with van der Waals surface area (Å²) in [6.07, 6.45) is 0. The summed E-state index contributed by atoms with van der Waals surface area (Å²) < 4.78 is 8.47. The standard InChI is InChI=1S/C7H12O6/c1-3-12-5(8)7(10,11)6(9)13-4-2/h10-11H,3-4H2,1-2H3. The molecule has 0 atom stereocenters. The molecule has 6 heteroatoms. The second-order valence-electron chi connectivity index (χ2n) is 2.11. The van der Waals surface area contributed by atoms with Crippen LogP contribution in [-0.4, -0.2) is 41.2 Å². The fraction of sp³-hybridized carbons (Fsp3) is 0.714. The Bertz CT molecular complexity index is 177. The second kappa shape index (κ2) is 4.78. The maximum Gasteiger partial charge on any atom is 0.379 e. The van der Waals surface area contributed by atoms with Crippen LogP contribution in [0, 0.1) is 0 Å². The quantitative estimate of drug-likeness (QED) is 0.330. The number of ether oxygens (including phenoxy) is 2. The van der Waals surface area contributed by atoms with Crippen LogP contribution in [0.2, 0.25) is 0 Å². The van der Waals surface area contributed by atoms with Crippen LogP contribution in [0.3, 0.4) is 0 Å². The van der Waals surface area contributed by atoms with Crippen molar-refractivity contribution in [1.82, 2.24) is 0 Å². The van der Waals surface area contributed by atoms with Crippen LogP contribution in [-0.2, 0) is 19.1 Å². The van der Waals surface area contributed by atoms with E-state index in [9.17, 15) is 9.59 Å². The first-order valence-electron chi connectivity index (χ1n) is 3.76. The predicted octanol–water partition coefficient (Wildman–Crippen LogP) is -1.21. The first-order valence-corrected chi connectivity index (χ1v) is 3.76. The van der Waals surface area contributed by atoms with Gasteiger partial charge < -0.3 is 19.7 Å². The Balaban J connectivity index is 4.36. The van der Waals surface area contributed by atoms with Crippen molar-refractivity contribution >= 4 is 11.9 Å². The number of rotatable bonds is 4. The zero-order valence-corrected chi connectivity index (χ0v) is 7.44. The van der Waals surface area contributed by atoms with Gasteiger partial charge in [-0.15, -0.1) is 0 Å². The monoisotopic (exact) mass is 192 g/mol. The van der Waals surface area contributed by atoms with Gasteiger partial charge in [0.2, 0.25) is 0 Å². The Kier molecular flexibility index (Phi) is 4.36. The summed E-state index contributed by atoms with van der Waals surface area (Å²) in [6, 6.07) is 0. The Morgan fingerprint density at radius 2 is 1.38 bits per heavy atom. The molecule has 76 valence electrons. The van der Waals surface area contributed by atoms with Crippen LogP contribution in [0.1, 0.15) is 13.8 Å². The summed E-state index contributed by atoms with van der Waals surface area (Å²) in [5.41, 5.74) is 0. The summed E-state index contributed by atoms with van der Waals surface area (Å²) in [6.45, 7) is 2.83. The molecule has 0 aliphatic carbocycles. The summed E-state index contributed by atoms with van der Waals surface area (Å²) in [5.74, 6) is -6.08. The smallest absolute Gasteiger partial charge is 0.379 e. The van der Waals surface area contributed by atoms with E-state index in [1.54, 1.807) is 0 Å². The average Bonchev–Trinajstić information content (AvgIpc) is 2.05. The number of hydrogen-bond donors (Lipinski definition) is 2. The number of carbonyl (C=O) groups excluding carboxylic acids is 2. The molecule has 0 saturated heterocycles. The van der Waals surface area contributed by atoms with Crippen LogP contribution >= 0.6 is 0 Å². The van der Waals surface area contributed by atoms with E-state index in [4.69, 9.17) is 10.2 Å². The van der Waals surface area contributed by atoms with E-state index >= 15 is 0 Å². The highest BCUT2D eigenvalue weighted by molar-refractivity contribution is 6.00. The summed E-state index contributed by atoms with van der Waals surface area (Å²) in [7, 11) is 0. The minimum absolute atomic E-state index is 0.0545. The van der Waals surface area contributed by atoms with Crippen molar-refractivity contribution in [2.45, 2.75) is 19.6 Å². The van der Waals surface area contributed by atoms with E-state index in [0.717, 1.165) is 0 Å². The van der Waals surface area contributed by atoms with Gasteiger partial charge in [0.05, 0.1) is 13.2 Å². The van der Waals surface area contributed by atoms with Gasteiger partial charge in [-0.2, -0.15) is 0 Å². The molecule has 0 heterocycles. The van der Waals surface area contributed by atoms with Crippen LogP contribution < -0.4 is 0 Å². The van der Waals surface area contributed by atoms with Crippen LogP contribution in [0.4, 0.5) is 0 Å². The molecule has 0 rings (SSSR count). The van der Waals surface area contributed by atoms with Crippen molar-refractivity contribution in [2.75, 3.05) is 13.2 Å². The maximum absolute atomic E-state index is 10.8. The van der Waals surface area contributed by atoms with Gasteiger partial charge in [-0.05, 0) is 13.8 Å². The van der Waals surface area contributed by atoms with Gasteiger partial charge in [0.1, 0.15) is 0 Å². The Labute approximate surface area is 75.1 Å². The third kappa shape index (κ3) is 3.00. The molecule has 0 bridgehead atoms. The van der Waals surface area contributed by atoms with Gasteiger partial charge in [0.15, 0.2) is 0 Å². The lowest BCUT2D eigenvalue weighted by molar-refractivity contribution is -0.223. The van der Waals surface area contributed by atoms with Crippen LogP contribution in [0.15, 0.2) is 0 Å². The number of aliphatic hydroxyl groups is 2. The highest BCUT2D eigenvalue weighted by atomic mass is 16.6. The molecule has 0 fully saturated rings. The molecule has 0 spiro atoms. The van der Waals surface area contributed by atoms with Gasteiger partial charge in [-0.3, -0.25) is 0 Å². The minimum atomic E-state index is -3.20. The molecule has 0 saturated carbocycles. The zero-order valence-electron chi connectivity index (χ0n) is 7.44. The van der Waals surface area contributed by atoms with Crippen LogP contribution in [0.25, 0.3) is 0 Å². The third-order valence-electron chi connectivity index (χ3n) is 1.12. The largest absolute Gasteiger partial charge is 0.462 e. The van der Waals surface area contributed by atoms with Gasteiger partial charge >= 0.3 is 17.7 Å². The average molecular weight is 192 g/mol. The molecule has 13 heavy (non-hydrogen) atoms. The molecule has 0 aliphatic rings. The van der Waals surface area contributed by atoms with Crippen molar-refractivity contribution in [3.63, 3.8) is 0 Å². The van der Waals surface area contributed by atoms with E-state index in [0.29, 0.717) is 0 Å². The van der Waals surface area contributed by atoms with E-state index in [-0.39, 0.29) is 13.2 Å². The van der Waals surface area contributed by atoms with Crippen molar-refractivity contribution in [2.24, 2.45) is 0 Å². The van der Waals surface area contributed by atoms with Gasteiger partial charge in [0.25, 0.3) is 0 Å². The summed E-state index contributed by atoms with van der Waals surface area (Å²) >= 11 is 0. The van der Waals surface area contributed by atoms with E-state index in [1.165, 1.54) is 13.8 Å². The molecule has 0 unspecified atom stereocenters. The lowest BCUT2D eigenvalue weighted by Crippen LogP contribution is -2.48. The lowest BCUT2D eigenvalue weighted by Gasteiger charge is -2.16. The number of esters is 2. The third-order valence-corrected chi connectivity index (χ3v) is 1.12. The Morgan fingerprint density at radius 1 is 1.08 bits per heavy atom. The van der Waals surface area contributed by atoms with Gasteiger partial charge in [-0.1, -0.05) is 0 Å². The highest BCUT2D eigenvalue weighted by Gasteiger charge is 2.45. The maximum atomic E-state index is 10.8. The SMILES string of the molecule is CCOC(=O)C(O)(O)C(=O)OCC. The molecule has 0 amide bonds. The second-order valence-corrected chi connectivity index (χ2v) is 2.11. The number of hydrogen-bond acceptors (Lipinski definition) is 6. The van der Waals surface area contributed by atoms with Crippen molar-refractivity contribution in [1.29, 1.82) is 0 Å². The van der Waals surface area contributed by atoms with Gasteiger partial charge in [0, 0.05) is 0 Å². The van der Waals surface area contributed by atoms with E-state index < -0.39 is 17.7 Å². The summed E-state index contributed by atoms with van der Waals surface area (Å²) in [5, 5.41) is 17.8. The van der Waals surface area contributed by atoms with Gasteiger partial charge in [-0.25, -0.2) is 9.59 Å². The molecule has 0 aromatic carbocycles.